The van der Waals surface area contributed by atoms with E-state index in [0.29, 0.717) is 0 Å². The van der Waals surface area contributed by atoms with Crippen LogP contribution in [-0.2, 0) is 0 Å². The third-order valence-corrected chi connectivity index (χ3v) is 1.85. The summed E-state index contributed by atoms with van der Waals surface area (Å²) in [5.74, 6) is 0.865. The van der Waals surface area contributed by atoms with Gasteiger partial charge in [0.25, 0.3) is 0 Å². The zero-order valence-electron chi connectivity index (χ0n) is 7.78. The van der Waals surface area contributed by atoms with Gasteiger partial charge in [0.15, 0.2) is 0 Å². The van der Waals surface area contributed by atoms with Gasteiger partial charge in [-0.15, -0.1) is 0 Å². The maximum atomic E-state index is 2.28. The fourth-order valence-corrected chi connectivity index (χ4v) is 0.933. The Hall–Kier alpha value is -0.260. The van der Waals surface area contributed by atoms with Crippen molar-refractivity contribution in [2.45, 2.75) is 47.0 Å². The van der Waals surface area contributed by atoms with Crippen molar-refractivity contribution in [3.05, 3.63) is 11.6 Å². The minimum Gasteiger partial charge on any atom is -0.0887 e. The Bertz CT molecular complexity index is 98.6. The SMILES string of the molecule is C/C=C(\C)CCCC(C)C. The predicted molar refractivity (Wildman–Crippen MR) is 48.1 cm³/mol. The van der Waals surface area contributed by atoms with E-state index in [4.69, 9.17) is 0 Å². The van der Waals surface area contributed by atoms with Crippen molar-refractivity contribution in [2.24, 2.45) is 5.92 Å². The average Bonchev–Trinajstić information content (AvgIpc) is 1.87. The molecule has 0 amide bonds. The summed E-state index contributed by atoms with van der Waals surface area (Å²) in [7, 11) is 0. The van der Waals surface area contributed by atoms with E-state index < -0.39 is 0 Å². The number of rotatable bonds is 4. The van der Waals surface area contributed by atoms with E-state index in [1.165, 1.54) is 24.8 Å². The molecule has 0 aromatic heterocycles. The number of hydrogen-bond acceptors (Lipinski definition) is 0. The van der Waals surface area contributed by atoms with E-state index >= 15 is 0 Å². The summed E-state index contributed by atoms with van der Waals surface area (Å²) in [5, 5.41) is 0. The second-order valence-electron chi connectivity index (χ2n) is 3.42. The highest BCUT2D eigenvalue weighted by atomic mass is 14.0. The molecular formula is C10H20. The molecule has 0 aliphatic rings. The van der Waals surface area contributed by atoms with E-state index in [9.17, 15) is 0 Å². The minimum absolute atomic E-state index is 0.865. The maximum absolute atomic E-state index is 2.28. The lowest BCUT2D eigenvalue weighted by Crippen LogP contribution is -1.87. The van der Waals surface area contributed by atoms with Crippen LogP contribution >= 0.6 is 0 Å². The van der Waals surface area contributed by atoms with Gasteiger partial charge in [-0.25, -0.2) is 0 Å². The summed E-state index contributed by atoms with van der Waals surface area (Å²) >= 11 is 0. The van der Waals surface area contributed by atoms with Gasteiger partial charge in [0, 0.05) is 0 Å². The molecule has 0 radical (unpaired) electrons. The van der Waals surface area contributed by atoms with Gasteiger partial charge in [-0.2, -0.15) is 0 Å². The molecule has 0 atom stereocenters. The summed E-state index contributed by atoms with van der Waals surface area (Å²) in [6.07, 6.45) is 6.22. The predicted octanol–water partition coefficient (Wildman–Crippen LogP) is 3.78. The molecule has 0 heterocycles. The molecule has 60 valence electrons. The maximum Gasteiger partial charge on any atom is -0.0323 e. The van der Waals surface area contributed by atoms with Crippen molar-refractivity contribution in [3.8, 4) is 0 Å². The van der Waals surface area contributed by atoms with E-state index in [-0.39, 0.29) is 0 Å². The van der Waals surface area contributed by atoms with Gasteiger partial charge in [0.05, 0.1) is 0 Å². The first-order chi connectivity index (χ1) is 4.66. The molecular weight excluding hydrogens is 120 g/mol. The molecule has 0 unspecified atom stereocenters. The van der Waals surface area contributed by atoms with E-state index in [2.05, 4.69) is 33.8 Å². The smallest absolute Gasteiger partial charge is 0.0323 e. The molecule has 0 aromatic carbocycles. The molecule has 0 saturated carbocycles. The molecule has 0 N–H and O–H groups in total. The van der Waals surface area contributed by atoms with Gasteiger partial charge >= 0.3 is 0 Å². The summed E-state index contributed by atoms with van der Waals surface area (Å²) < 4.78 is 0. The highest BCUT2D eigenvalue weighted by molar-refractivity contribution is 4.94. The average molecular weight is 140 g/mol. The van der Waals surface area contributed by atoms with E-state index in [0.717, 1.165) is 5.92 Å². The zero-order chi connectivity index (χ0) is 7.98. The van der Waals surface area contributed by atoms with Gasteiger partial charge in [-0.3, -0.25) is 0 Å². The van der Waals surface area contributed by atoms with Crippen molar-refractivity contribution in [3.63, 3.8) is 0 Å². The monoisotopic (exact) mass is 140 g/mol. The van der Waals surface area contributed by atoms with Gasteiger partial charge < -0.3 is 0 Å². The van der Waals surface area contributed by atoms with Crippen LogP contribution in [-0.4, -0.2) is 0 Å². The normalized spacial score (nSPS) is 12.7. The first kappa shape index (κ1) is 9.74. The Morgan fingerprint density at radius 2 is 2.00 bits per heavy atom. The van der Waals surface area contributed by atoms with Crippen LogP contribution in [0.1, 0.15) is 47.0 Å². The van der Waals surface area contributed by atoms with E-state index in [1.807, 2.05) is 0 Å². The summed E-state index contributed by atoms with van der Waals surface area (Å²) in [4.78, 5) is 0. The molecule has 0 spiro atoms. The third kappa shape index (κ3) is 5.87. The van der Waals surface area contributed by atoms with Crippen LogP contribution in [0.5, 0.6) is 0 Å². The van der Waals surface area contributed by atoms with Crippen molar-refractivity contribution in [1.29, 1.82) is 0 Å². The Kier molecular flexibility index (Phi) is 5.38. The minimum atomic E-state index is 0.865. The van der Waals surface area contributed by atoms with Crippen molar-refractivity contribution >= 4 is 0 Å². The first-order valence-corrected chi connectivity index (χ1v) is 4.28. The second kappa shape index (κ2) is 5.52. The molecule has 10 heavy (non-hydrogen) atoms. The van der Waals surface area contributed by atoms with Crippen LogP contribution in [0.2, 0.25) is 0 Å². The molecule has 0 fully saturated rings. The summed E-state index contributed by atoms with van der Waals surface area (Å²) in [6, 6.07) is 0. The number of allylic oxidation sites excluding steroid dienone is 2. The Labute approximate surface area is 65.3 Å². The molecule has 0 aromatic rings. The fraction of sp³-hybridized carbons (Fsp3) is 0.800. The highest BCUT2D eigenvalue weighted by Crippen LogP contribution is 2.10. The van der Waals surface area contributed by atoms with Crippen molar-refractivity contribution in [1.82, 2.24) is 0 Å². The van der Waals surface area contributed by atoms with Crippen LogP contribution in [0.25, 0.3) is 0 Å². The molecule has 0 saturated heterocycles. The van der Waals surface area contributed by atoms with Crippen LogP contribution in [0, 0.1) is 5.92 Å². The molecule has 0 heteroatoms. The van der Waals surface area contributed by atoms with Gasteiger partial charge in [-0.05, 0) is 32.6 Å². The van der Waals surface area contributed by atoms with Crippen LogP contribution in [0.4, 0.5) is 0 Å². The van der Waals surface area contributed by atoms with Crippen molar-refractivity contribution < 1.29 is 0 Å². The van der Waals surface area contributed by atoms with E-state index in [1.54, 1.807) is 0 Å². The Morgan fingerprint density at radius 1 is 1.40 bits per heavy atom. The van der Waals surface area contributed by atoms with Gasteiger partial charge in [0.1, 0.15) is 0 Å². The Balaban J connectivity index is 3.20. The Morgan fingerprint density at radius 3 is 2.40 bits per heavy atom. The molecule has 0 nitrogen and oxygen atoms in total. The van der Waals surface area contributed by atoms with Crippen molar-refractivity contribution in [2.75, 3.05) is 0 Å². The quantitative estimate of drug-likeness (QED) is 0.521. The second-order valence-corrected chi connectivity index (χ2v) is 3.42. The molecule has 0 bridgehead atoms. The lowest BCUT2D eigenvalue weighted by atomic mass is 10.0. The molecule has 0 rings (SSSR count). The summed E-state index contributed by atoms with van der Waals surface area (Å²) in [5.41, 5.74) is 1.53. The van der Waals surface area contributed by atoms with Crippen LogP contribution in [0.15, 0.2) is 11.6 Å². The van der Waals surface area contributed by atoms with Gasteiger partial charge in [-0.1, -0.05) is 31.9 Å². The molecule has 0 aliphatic carbocycles. The fourth-order valence-electron chi connectivity index (χ4n) is 0.933. The van der Waals surface area contributed by atoms with Gasteiger partial charge in [0.2, 0.25) is 0 Å². The first-order valence-electron chi connectivity index (χ1n) is 4.28. The lowest BCUT2D eigenvalue weighted by molar-refractivity contribution is 0.554. The lowest BCUT2D eigenvalue weighted by Gasteiger charge is -2.03. The number of hydrogen-bond donors (Lipinski definition) is 0. The third-order valence-electron chi connectivity index (χ3n) is 1.85. The molecule has 0 aliphatic heterocycles. The van der Waals surface area contributed by atoms with Crippen LogP contribution in [0.3, 0.4) is 0 Å². The van der Waals surface area contributed by atoms with Crippen LogP contribution < -0.4 is 0 Å². The zero-order valence-corrected chi connectivity index (χ0v) is 7.78. The largest absolute Gasteiger partial charge is 0.0887 e. The standard InChI is InChI=1S/C10H20/c1-5-10(4)8-6-7-9(2)3/h5,9H,6-8H2,1-4H3/b10-5+. The summed E-state index contributed by atoms with van der Waals surface area (Å²) in [6.45, 7) is 8.89. The topological polar surface area (TPSA) is 0 Å². The highest BCUT2D eigenvalue weighted by Gasteiger charge is 1.93.